The van der Waals surface area contributed by atoms with Crippen LogP contribution in [0.2, 0.25) is 0 Å². The summed E-state index contributed by atoms with van der Waals surface area (Å²) in [6.45, 7) is 4.73. The molecule has 1 fully saturated rings. The van der Waals surface area contributed by atoms with E-state index in [-0.39, 0.29) is 11.9 Å². The molecule has 1 aliphatic rings. The Morgan fingerprint density at radius 1 is 1.39 bits per heavy atom. The topological polar surface area (TPSA) is 67.2 Å². The third kappa shape index (κ3) is 2.23. The van der Waals surface area contributed by atoms with Gasteiger partial charge in [-0.3, -0.25) is 9.69 Å². The van der Waals surface area contributed by atoms with E-state index in [1.54, 1.807) is 19.4 Å². The third-order valence-electron chi connectivity index (χ3n) is 3.24. The van der Waals surface area contributed by atoms with Crippen LogP contribution in [0.3, 0.4) is 0 Å². The van der Waals surface area contributed by atoms with Crippen LogP contribution in [0.4, 0.5) is 4.79 Å². The average Bonchev–Trinajstić information content (AvgIpc) is 2.88. The molecule has 1 N–H and O–H groups in total. The number of rotatable bonds is 5. The summed E-state index contributed by atoms with van der Waals surface area (Å²) >= 11 is 0. The van der Waals surface area contributed by atoms with Crippen LogP contribution in [0.15, 0.2) is 18.7 Å². The van der Waals surface area contributed by atoms with Crippen molar-refractivity contribution in [3.63, 3.8) is 0 Å². The first-order valence-corrected chi connectivity index (χ1v) is 6.16. The Kier molecular flexibility index (Phi) is 3.36. The minimum atomic E-state index is -0.735. The number of hydrogen-bond acceptors (Lipinski definition) is 3. The van der Waals surface area contributed by atoms with Gasteiger partial charge in [-0.2, -0.15) is 0 Å². The van der Waals surface area contributed by atoms with Crippen molar-refractivity contribution in [2.75, 3.05) is 6.54 Å². The summed E-state index contributed by atoms with van der Waals surface area (Å²) in [6, 6.07) is -0.295. The van der Waals surface area contributed by atoms with E-state index in [2.05, 4.69) is 10.3 Å². The Morgan fingerprint density at radius 3 is 2.78 bits per heavy atom. The van der Waals surface area contributed by atoms with Gasteiger partial charge in [0.2, 0.25) is 0 Å². The van der Waals surface area contributed by atoms with Gasteiger partial charge < -0.3 is 9.88 Å². The molecule has 1 aromatic heterocycles. The first-order valence-electron chi connectivity index (χ1n) is 6.16. The fraction of sp³-hybridized carbons (Fsp3) is 0.583. The summed E-state index contributed by atoms with van der Waals surface area (Å²) in [5.41, 5.74) is -0.735. The standard InChI is InChI=1S/C12H18N4O2/c1-3-4-12(2)10(17)16(11(18)14-12)8-7-15-6-5-13-9-15/h5-6,9H,3-4,7-8H2,1-2H3,(H,14,18). The van der Waals surface area contributed by atoms with Crippen molar-refractivity contribution in [2.24, 2.45) is 0 Å². The van der Waals surface area contributed by atoms with Gasteiger partial charge in [-0.15, -0.1) is 0 Å². The molecule has 0 radical (unpaired) electrons. The van der Waals surface area contributed by atoms with Crippen molar-refractivity contribution in [3.8, 4) is 0 Å². The Balaban J connectivity index is 2.01. The fourth-order valence-corrected chi connectivity index (χ4v) is 2.25. The van der Waals surface area contributed by atoms with Crippen LogP contribution in [0.1, 0.15) is 26.7 Å². The molecular weight excluding hydrogens is 232 g/mol. The van der Waals surface area contributed by atoms with Gasteiger partial charge in [0.25, 0.3) is 5.91 Å². The highest BCUT2D eigenvalue weighted by molar-refractivity contribution is 6.06. The summed E-state index contributed by atoms with van der Waals surface area (Å²) in [5, 5.41) is 2.77. The van der Waals surface area contributed by atoms with Gasteiger partial charge in [0.05, 0.1) is 6.33 Å². The second-order valence-corrected chi connectivity index (χ2v) is 4.77. The molecule has 6 heteroatoms. The zero-order chi connectivity index (χ0) is 13.2. The Morgan fingerprint density at radius 2 is 2.17 bits per heavy atom. The first-order chi connectivity index (χ1) is 8.57. The Bertz CT molecular complexity index is 443. The Labute approximate surface area is 106 Å². The molecule has 0 aromatic carbocycles. The summed E-state index contributed by atoms with van der Waals surface area (Å²) in [6.07, 6.45) is 6.68. The lowest BCUT2D eigenvalue weighted by molar-refractivity contribution is -0.131. The van der Waals surface area contributed by atoms with Gasteiger partial charge in [-0.05, 0) is 13.3 Å². The molecule has 98 valence electrons. The zero-order valence-corrected chi connectivity index (χ0v) is 10.7. The van der Waals surface area contributed by atoms with E-state index in [1.165, 1.54) is 4.90 Å². The highest BCUT2D eigenvalue weighted by Crippen LogP contribution is 2.22. The number of hydrogen-bond donors (Lipinski definition) is 1. The minimum absolute atomic E-state index is 0.130. The van der Waals surface area contributed by atoms with E-state index in [9.17, 15) is 9.59 Å². The zero-order valence-electron chi connectivity index (χ0n) is 10.7. The van der Waals surface area contributed by atoms with Crippen molar-refractivity contribution < 1.29 is 9.59 Å². The van der Waals surface area contributed by atoms with Gasteiger partial charge in [-0.1, -0.05) is 13.3 Å². The second kappa shape index (κ2) is 4.80. The molecule has 1 aromatic rings. The van der Waals surface area contributed by atoms with Gasteiger partial charge in [0, 0.05) is 25.5 Å². The van der Waals surface area contributed by atoms with Crippen LogP contribution >= 0.6 is 0 Å². The van der Waals surface area contributed by atoms with E-state index >= 15 is 0 Å². The molecule has 6 nitrogen and oxygen atoms in total. The number of imidazole rings is 1. The number of nitrogens with zero attached hydrogens (tertiary/aromatic N) is 3. The molecule has 2 heterocycles. The maximum atomic E-state index is 12.2. The lowest BCUT2D eigenvalue weighted by Gasteiger charge is -2.20. The lowest BCUT2D eigenvalue weighted by Crippen LogP contribution is -2.43. The lowest BCUT2D eigenvalue weighted by atomic mass is 9.96. The molecular formula is C12H18N4O2. The molecule has 0 spiro atoms. The van der Waals surface area contributed by atoms with Crippen LogP contribution in [-0.4, -0.2) is 38.5 Å². The largest absolute Gasteiger partial charge is 0.336 e. The molecule has 1 unspecified atom stereocenters. The molecule has 0 saturated carbocycles. The average molecular weight is 250 g/mol. The number of imide groups is 1. The summed E-state index contributed by atoms with van der Waals surface area (Å²) in [4.78, 5) is 29.2. The van der Waals surface area contributed by atoms with Crippen molar-refractivity contribution >= 4 is 11.9 Å². The molecule has 1 saturated heterocycles. The SMILES string of the molecule is CCCC1(C)NC(=O)N(CCn2ccnc2)C1=O. The van der Waals surface area contributed by atoms with Crippen LogP contribution in [0, 0.1) is 0 Å². The summed E-state index contributed by atoms with van der Waals surface area (Å²) in [5.74, 6) is -0.130. The number of carbonyl (C=O) groups is 2. The molecule has 18 heavy (non-hydrogen) atoms. The van der Waals surface area contributed by atoms with Crippen molar-refractivity contribution in [1.29, 1.82) is 0 Å². The third-order valence-corrected chi connectivity index (χ3v) is 3.24. The molecule has 3 amide bonds. The molecule has 0 bridgehead atoms. The fourth-order valence-electron chi connectivity index (χ4n) is 2.25. The van der Waals surface area contributed by atoms with Crippen LogP contribution in [0.5, 0.6) is 0 Å². The monoisotopic (exact) mass is 250 g/mol. The smallest absolute Gasteiger partial charge is 0.325 e. The maximum absolute atomic E-state index is 12.2. The quantitative estimate of drug-likeness (QED) is 0.792. The first kappa shape index (κ1) is 12.6. The number of nitrogens with one attached hydrogen (secondary N) is 1. The highest BCUT2D eigenvalue weighted by Gasteiger charge is 2.46. The van der Waals surface area contributed by atoms with Crippen LogP contribution in [-0.2, 0) is 11.3 Å². The minimum Gasteiger partial charge on any atom is -0.336 e. The van der Waals surface area contributed by atoms with Gasteiger partial charge in [-0.25, -0.2) is 9.78 Å². The van der Waals surface area contributed by atoms with Crippen LogP contribution < -0.4 is 5.32 Å². The van der Waals surface area contributed by atoms with Crippen molar-refractivity contribution in [3.05, 3.63) is 18.7 Å². The number of amides is 3. The van der Waals surface area contributed by atoms with E-state index in [0.717, 1.165) is 6.42 Å². The number of carbonyl (C=O) groups excluding carboxylic acids is 2. The summed E-state index contributed by atoms with van der Waals surface area (Å²) < 4.78 is 1.84. The van der Waals surface area contributed by atoms with Gasteiger partial charge >= 0.3 is 6.03 Å². The number of aromatic nitrogens is 2. The Hall–Kier alpha value is -1.85. The predicted molar refractivity (Wildman–Crippen MR) is 65.8 cm³/mol. The second-order valence-electron chi connectivity index (χ2n) is 4.77. The normalized spacial score (nSPS) is 23.6. The molecule has 0 aliphatic carbocycles. The van der Waals surface area contributed by atoms with Crippen molar-refractivity contribution in [1.82, 2.24) is 19.8 Å². The number of urea groups is 1. The van der Waals surface area contributed by atoms with Gasteiger partial charge in [0.15, 0.2) is 0 Å². The molecule has 1 aliphatic heterocycles. The predicted octanol–water partition coefficient (Wildman–Crippen LogP) is 0.994. The van der Waals surface area contributed by atoms with E-state index in [4.69, 9.17) is 0 Å². The van der Waals surface area contributed by atoms with E-state index < -0.39 is 5.54 Å². The van der Waals surface area contributed by atoms with Crippen LogP contribution in [0.25, 0.3) is 0 Å². The maximum Gasteiger partial charge on any atom is 0.325 e. The highest BCUT2D eigenvalue weighted by atomic mass is 16.2. The van der Waals surface area contributed by atoms with Crippen molar-refractivity contribution in [2.45, 2.75) is 38.8 Å². The molecule has 1 atom stereocenters. The van der Waals surface area contributed by atoms with E-state index in [1.807, 2.05) is 17.7 Å². The van der Waals surface area contributed by atoms with Gasteiger partial charge in [0.1, 0.15) is 5.54 Å². The van der Waals surface area contributed by atoms with E-state index in [0.29, 0.717) is 19.5 Å². The molecule has 2 rings (SSSR count). The summed E-state index contributed by atoms with van der Waals surface area (Å²) in [7, 11) is 0.